The molecule has 2 aromatic rings. The number of para-hydroxylation sites is 1. The fourth-order valence-electron chi connectivity index (χ4n) is 2.04. The molecule has 1 N–H and O–H groups in total. The molecule has 0 spiro atoms. The molecule has 2 rings (SSSR count). The van der Waals surface area contributed by atoms with Crippen LogP contribution in [0.1, 0.15) is 36.6 Å². The third-order valence-corrected chi connectivity index (χ3v) is 5.26. The van der Waals surface area contributed by atoms with Crippen LogP contribution in [0.25, 0.3) is 0 Å². The van der Waals surface area contributed by atoms with E-state index in [0.717, 1.165) is 21.3 Å². The molecule has 1 heterocycles. The second-order valence-electron chi connectivity index (χ2n) is 5.29. The number of amides is 1. The van der Waals surface area contributed by atoms with Gasteiger partial charge in [-0.05, 0) is 30.9 Å². The smallest absolute Gasteiger partial charge is 0.234 e. The number of thioether (sulfide) groups is 1. The van der Waals surface area contributed by atoms with E-state index in [0.29, 0.717) is 11.7 Å². The van der Waals surface area contributed by atoms with Crippen LogP contribution in [0.3, 0.4) is 0 Å². The number of aromatic nitrogens is 1. The lowest BCUT2D eigenvalue weighted by molar-refractivity contribution is -0.113. The summed E-state index contributed by atoms with van der Waals surface area (Å²) in [5.41, 5.74) is 4.24. The Labute approximate surface area is 134 Å². The zero-order valence-corrected chi connectivity index (χ0v) is 14.4. The number of aryl methyl sites for hydroxylation is 2. The van der Waals surface area contributed by atoms with E-state index >= 15 is 0 Å². The number of nitrogens with zero attached hydrogens (tertiary/aromatic N) is 1. The van der Waals surface area contributed by atoms with Gasteiger partial charge in [0.25, 0.3) is 0 Å². The normalized spacial score (nSPS) is 10.9. The topological polar surface area (TPSA) is 42.0 Å². The molecule has 0 unspecified atom stereocenters. The van der Waals surface area contributed by atoms with Crippen LogP contribution < -0.4 is 5.32 Å². The van der Waals surface area contributed by atoms with Crippen molar-refractivity contribution in [3.8, 4) is 0 Å². The summed E-state index contributed by atoms with van der Waals surface area (Å²) < 4.78 is 0.941. The molecule has 0 radical (unpaired) electrons. The van der Waals surface area contributed by atoms with Gasteiger partial charge in [-0.2, -0.15) is 0 Å². The van der Waals surface area contributed by atoms with Crippen LogP contribution in [0.4, 0.5) is 5.69 Å². The fourth-order valence-corrected chi connectivity index (χ4v) is 3.69. The van der Waals surface area contributed by atoms with Crippen molar-refractivity contribution in [3.05, 3.63) is 40.4 Å². The van der Waals surface area contributed by atoms with Crippen molar-refractivity contribution in [2.45, 2.75) is 38.0 Å². The fraction of sp³-hybridized carbons (Fsp3) is 0.375. The molecule has 5 heteroatoms. The van der Waals surface area contributed by atoms with Crippen molar-refractivity contribution in [1.29, 1.82) is 0 Å². The highest BCUT2D eigenvalue weighted by Gasteiger charge is 2.12. The van der Waals surface area contributed by atoms with Gasteiger partial charge in [-0.15, -0.1) is 11.3 Å². The van der Waals surface area contributed by atoms with E-state index < -0.39 is 0 Å². The number of rotatable bonds is 5. The first kappa shape index (κ1) is 16.0. The third-order valence-electron chi connectivity index (χ3n) is 3.12. The van der Waals surface area contributed by atoms with Gasteiger partial charge >= 0.3 is 0 Å². The number of thiazole rings is 1. The standard InChI is InChI=1S/C16H20N2OS2/c1-10(2)13-7-5-6-11(3)15(13)18-14(19)9-21-16-17-12(4)8-20-16/h5-8,10H,9H2,1-4H3,(H,18,19). The van der Waals surface area contributed by atoms with Crippen molar-refractivity contribution < 1.29 is 4.79 Å². The Morgan fingerprint density at radius 3 is 2.76 bits per heavy atom. The van der Waals surface area contributed by atoms with Gasteiger partial charge < -0.3 is 5.32 Å². The largest absolute Gasteiger partial charge is 0.325 e. The quantitative estimate of drug-likeness (QED) is 0.818. The lowest BCUT2D eigenvalue weighted by Gasteiger charge is -2.16. The van der Waals surface area contributed by atoms with Gasteiger partial charge in [-0.25, -0.2) is 4.98 Å². The van der Waals surface area contributed by atoms with Gasteiger partial charge in [0.15, 0.2) is 4.34 Å². The van der Waals surface area contributed by atoms with Crippen molar-refractivity contribution >= 4 is 34.7 Å². The summed E-state index contributed by atoms with van der Waals surface area (Å²) in [6, 6.07) is 6.14. The number of benzene rings is 1. The first-order valence-electron chi connectivity index (χ1n) is 6.91. The zero-order chi connectivity index (χ0) is 15.4. The number of carbonyl (C=O) groups is 1. The number of nitrogens with one attached hydrogen (secondary N) is 1. The molecule has 0 aliphatic carbocycles. The maximum Gasteiger partial charge on any atom is 0.234 e. The van der Waals surface area contributed by atoms with E-state index in [1.54, 1.807) is 11.3 Å². The number of hydrogen-bond donors (Lipinski definition) is 1. The minimum Gasteiger partial charge on any atom is -0.325 e. The third kappa shape index (κ3) is 4.32. The summed E-state index contributed by atoms with van der Waals surface area (Å²) >= 11 is 3.06. The van der Waals surface area contributed by atoms with E-state index in [2.05, 4.69) is 30.2 Å². The van der Waals surface area contributed by atoms with Gasteiger partial charge in [0, 0.05) is 16.8 Å². The molecule has 0 fully saturated rings. The maximum atomic E-state index is 12.2. The van der Waals surface area contributed by atoms with Crippen molar-refractivity contribution in [3.63, 3.8) is 0 Å². The summed E-state index contributed by atoms with van der Waals surface area (Å²) in [5, 5.41) is 5.05. The van der Waals surface area contributed by atoms with Crippen LogP contribution in [0.2, 0.25) is 0 Å². The summed E-state index contributed by atoms with van der Waals surface area (Å²) in [6.07, 6.45) is 0. The predicted octanol–water partition coefficient (Wildman–Crippen LogP) is 4.61. The summed E-state index contributed by atoms with van der Waals surface area (Å²) in [5.74, 6) is 0.789. The average Bonchev–Trinajstić information content (AvgIpc) is 2.84. The Morgan fingerprint density at radius 1 is 1.38 bits per heavy atom. The van der Waals surface area contributed by atoms with Gasteiger partial charge in [0.1, 0.15) is 0 Å². The SMILES string of the molecule is Cc1csc(SCC(=O)Nc2c(C)cccc2C(C)C)n1. The van der Waals surface area contributed by atoms with E-state index in [1.807, 2.05) is 31.4 Å². The lowest BCUT2D eigenvalue weighted by atomic mass is 9.98. The van der Waals surface area contributed by atoms with E-state index in [9.17, 15) is 4.79 Å². The second kappa shape index (κ2) is 7.09. The first-order chi connectivity index (χ1) is 9.97. The summed E-state index contributed by atoms with van der Waals surface area (Å²) in [6.45, 7) is 8.26. The van der Waals surface area contributed by atoms with Crippen molar-refractivity contribution in [1.82, 2.24) is 4.98 Å². The maximum absolute atomic E-state index is 12.2. The Bertz CT molecular complexity index is 635. The zero-order valence-electron chi connectivity index (χ0n) is 12.8. The van der Waals surface area contributed by atoms with E-state index in [1.165, 1.54) is 17.3 Å². The van der Waals surface area contributed by atoms with E-state index in [4.69, 9.17) is 0 Å². The number of anilines is 1. The van der Waals surface area contributed by atoms with Gasteiger partial charge in [-0.1, -0.05) is 43.8 Å². The van der Waals surface area contributed by atoms with Gasteiger partial charge in [-0.3, -0.25) is 4.79 Å². The number of hydrogen-bond acceptors (Lipinski definition) is 4. The first-order valence-corrected chi connectivity index (χ1v) is 8.78. The highest BCUT2D eigenvalue weighted by molar-refractivity contribution is 8.01. The predicted molar refractivity (Wildman–Crippen MR) is 91.5 cm³/mol. The van der Waals surface area contributed by atoms with Crippen LogP contribution >= 0.6 is 23.1 Å². The minimum atomic E-state index is 0.0176. The lowest BCUT2D eigenvalue weighted by Crippen LogP contribution is -2.16. The van der Waals surface area contributed by atoms with Gasteiger partial charge in [0.2, 0.25) is 5.91 Å². The molecule has 0 bridgehead atoms. The molecular weight excluding hydrogens is 300 g/mol. The summed E-state index contributed by atoms with van der Waals surface area (Å²) in [7, 11) is 0. The highest BCUT2D eigenvalue weighted by atomic mass is 32.2. The molecule has 0 saturated carbocycles. The monoisotopic (exact) mass is 320 g/mol. The molecule has 0 aliphatic rings. The Morgan fingerprint density at radius 2 is 2.14 bits per heavy atom. The summed E-state index contributed by atoms with van der Waals surface area (Å²) in [4.78, 5) is 16.5. The van der Waals surface area contributed by atoms with Crippen LogP contribution in [-0.4, -0.2) is 16.6 Å². The highest BCUT2D eigenvalue weighted by Crippen LogP contribution is 2.28. The average molecular weight is 320 g/mol. The molecule has 1 aromatic heterocycles. The van der Waals surface area contributed by atoms with Crippen LogP contribution in [0.15, 0.2) is 27.9 Å². The Kier molecular flexibility index (Phi) is 5.42. The molecule has 0 aliphatic heterocycles. The Hall–Kier alpha value is -1.33. The van der Waals surface area contributed by atoms with Crippen LogP contribution in [0.5, 0.6) is 0 Å². The molecule has 112 valence electrons. The Balaban J connectivity index is 2.02. The molecule has 1 amide bonds. The second-order valence-corrected chi connectivity index (χ2v) is 7.37. The molecule has 3 nitrogen and oxygen atoms in total. The van der Waals surface area contributed by atoms with Gasteiger partial charge in [0.05, 0.1) is 5.75 Å². The molecular formula is C16H20N2OS2. The molecule has 0 saturated heterocycles. The van der Waals surface area contributed by atoms with Crippen LogP contribution in [-0.2, 0) is 4.79 Å². The van der Waals surface area contributed by atoms with Crippen molar-refractivity contribution in [2.24, 2.45) is 0 Å². The molecule has 1 aromatic carbocycles. The molecule has 0 atom stereocenters. The van der Waals surface area contributed by atoms with E-state index in [-0.39, 0.29) is 5.91 Å². The van der Waals surface area contributed by atoms with Crippen molar-refractivity contribution in [2.75, 3.05) is 11.1 Å². The number of carbonyl (C=O) groups excluding carboxylic acids is 1. The minimum absolute atomic E-state index is 0.0176. The van der Waals surface area contributed by atoms with Crippen LogP contribution in [0, 0.1) is 13.8 Å². The molecule has 21 heavy (non-hydrogen) atoms.